The van der Waals surface area contributed by atoms with Crippen LogP contribution in [0.5, 0.6) is 0 Å². The van der Waals surface area contributed by atoms with Crippen LogP contribution < -0.4 is 10.6 Å². The number of fused-ring (bicyclic) bond motifs is 2. The smallest absolute Gasteiger partial charge is 0.246 e. The summed E-state index contributed by atoms with van der Waals surface area (Å²) in [7, 11) is 0. The third kappa shape index (κ3) is 16.7. The fraction of sp³-hybridized carbons (Fsp3) is 0.486. The molecule has 0 aliphatic carbocycles. The number of amides is 2. The van der Waals surface area contributed by atoms with Crippen molar-refractivity contribution in [1.29, 1.82) is 0 Å². The maximum Gasteiger partial charge on any atom is 0.246 e. The molecule has 50 heavy (non-hydrogen) atoms. The van der Waals surface area contributed by atoms with Crippen LogP contribution in [-0.2, 0) is 73.9 Å². The number of rotatable bonds is 8. The molecule has 2 atom stereocenters. The largest absolute Gasteiger partial charge is 0.377 e. The highest BCUT2D eigenvalue weighted by atomic mass is 16.6. The maximum atomic E-state index is 12.2. The van der Waals surface area contributed by atoms with E-state index in [0.29, 0.717) is 64.1 Å². The molecule has 13 nitrogen and oxygen atoms in total. The first-order valence-electron chi connectivity index (χ1n) is 16.9. The molecule has 0 radical (unpaired) electrons. The van der Waals surface area contributed by atoms with Crippen LogP contribution in [0.3, 0.4) is 0 Å². The number of nitrogens with one attached hydrogen (secondary N) is 2. The van der Waals surface area contributed by atoms with Crippen molar-refractivity contribution in [3.8, 4) is 0 Å². The Morgan fingerprint density at radius 3 is 1.46 bits per heavy atom. The molecule has 3 aromatic rings. The zero-order chi connectivity index (χ0) is 34.9. The third-order valence-corrected chi connectivity index (χ3v) is 7.29. The third-order valence-electron chi connectivity index (χ3n) is 7.29. The Bertz CT molecular complexity index is 1250. The molecule has 2 N–H and O–H groups in total. The fourth-order valence-electron chi connectivity index (χ4n) is 4.79. The molecule has 0 saturated heterocycles. The van der Waals surface area contributed by atoms with Crippen molar-refractivity contribution in [2.75, 3.05) is 79.2 Å². The lowest BCUT2D eigenvalue weighted by atomic mass is 10.2. The Hall–Kier alpha value is -3.79. The number of pyridine rings is 1. The van der Waals surface area contributed by atoms with E-state index in [1.165, 1.54) is 0 Å². The SMILES string of the molecule is O=C1COCc2cccc(n2)COCC(=O)NCCOCCO[C@@H](COCc2ccccc2)[C@H](COCc2ccccc2)OCCOCCN1. The predicted molar refractivity (Wildman–Crippen MR) is 183 cm³/mol. The summed E-state index contributed by atoms with van der Waals surface area (Å²) in [5, 5.41) is 5.56. The number of nitrogens with zero attached hydrogens (tertiary/aromatic N) is 1. The second-order valence-electron chi connectivity index (χ2n) is 11.4. The molecule has 13 heteroatoms. The molecule has 0 fully saturated rings. The Labute approximate surface area is 293 Å². The van der Waals surface area contributed by atoms with E-state index in [2.05, 4.69) is 15.6 Å². The van der Waals surface area contributed by atoms with E-state index in [0.717, 1.165) is 11.1 Å². The Morgan fingerprint density at radius 1 is 0.540 bits per heavy atom. The Balaban J connectivity index is 1.32. The van der Waals surface area contributed by atoms with Crippen LogP contribution in [0.1, 0.15) is 22.5 Å². The summed E-state index contributed by atoms with van der Waals surface area (Å²) in [6.07, 6.45) is -0.932. The summed E-state index contributed by atoms with van der Waals surface area (Å²) in [5.74, 6) is -0.523. The quantitative estimate of drug-likeness (QED) is 0.359. The van der Waals surface area contributed by atoms with Crippen LogP contribution in [0.2, 0.25) is 0 Å². The van der Waals surface area contributed by atoms with Crippen LogP contribution >= 0.6 is 0 Å². The zero-order valence-electron chi connectivity index (χ0n) is 28.5. The molecular formula is C37H49N3O10. The van der Waals surface area contributed by atoms with Crippen molar-refractivity contribution in [2.24, 2.45) is 0 Å². The van der Waals surface area contributed by atoms with Gasteiger partial charge in [0.25, 0.3) is 0 Å². The van der Waals surface area contributed by atoms with Crippen molar-refractivity contribution in [2.45, 2.75) is 38.6 Å². The van der Waals surface area contributed by atoms with Crippen LogP contribution in [-0.4, -0.2) is 108 Å². The second kappa shape index (κ2) is 24.4. The zero-order valence-corrected chi connectivity index (χ0v) is 28.5. The monoisotopic (exact) mass is 695 g/mol. The maximum absolute atomic E-state index is 12.2. The molecule has 2 bridgehead atoms. The van der Waals surface area contributed by atoms with E-state index in [1.54, 1.807) is 12.1 Å². The summed E-state index contributed by atoms with van der Waals surface area (Å²) in [4.78, 5) is 28.9. The lowest BCUT2D eigenvalue weighted by Gasteiger charge is -2.27. The first-order valence-corrected chi connectivity index (χ1v) is 16.9. The summed E-state index contributed by atoms with van der Waals surface area (Å²) in [5.41, 5.74) is 3.40. The number of hydrogen-bond donors (Lipinski definition) is 2. The molecule has 2 amide bonds. The van der Waals surface area contributed by atoms with Gasteiger partial charge in [-0.15, -0.1) is 0 Å². The molecule has 1 aliphatic heterocycles. The second-order valence-corrected chi connectivity index (χ2v) is 11.4. The van der Waals surface area contributed by atoms with Gasteiger partial charge in [0.05, 0.1) is 90.7 Å². The number of carbonyl (C=O) groups is 2. The molecular weight excluding hydrogens is 646 g/mol. The summed E-state index contributed by atoms with van der Waals surface area (Å²) < 4.78 is 47.1. The average molecular weight is 696 g/mol. The van der Waals surface area contributed by atoms with E-state index < -0.39 is 12.2 Å². The van der Waals surface area contributed by atoms with Crippen molar-refractivity contribution in [3.63, 3.8) is 0 Å². The van der Waals surface area contributed by atoms with Gasteiger partial charge < -0.3 is 48.5 Å². The van der Waals surface area contributed by atoms with Gasteiger partial charge in [-0.3, -0.25) is 14.6 Å². The standard InChI is InChI=1S/C37H49N3O10/c41-36-28-47-24-32-12-7-13-33(40-32)25-48-29-37(42)39-15-17-44-19-21-50-35(27-46-23-31-10-5-2-6-11-31)34(49-20-18-43-16-14-38-36)26-45-22-30-8-3-1-4-9-30/h1-13,34-35H,14-29H2,(H,38,41)(H,39,42)/t34-,35-/m0/s1. The normalized spacial score (nSPS) is 20.2. The Morgan fingerprint density at radius 2 is 1.00 bits per heavy atom. The van der Waals surface area contributed by atoms with Crippen LogP contribution in [0.4, 0.5) is 0 Å². The predicted octanol–water partition coefficient (Wildman–Crippen LogP) is 2.60. The lowest BCUT2D eigenvalue weighted by Crippen LogP contribution is -2.40. The van der Waals surface area contributed by atoms with Crippen LogP contribution in [0, 0.1) is 0 Å². The van der Waals surface area contributed by atoms with E-state index in [4.69, 9.17) is 37.9 Å². The van der Waals surface area contributed by atoms with Gasteiger partial charge in [-0.1, -0.05) is 66.7 Å². The first-order chi connectivity index (χ1) is 24.7. The van der Waals surface area contributed by atoms with Gasteiger partial charge in [-0.2, -0.15) is 0 Å². The number of hydrogen-bond acceptors (Lipinski definition) is 11. The minimum absolute atomic E-state index is 0.117. The topological polar surface area (TPSA) is 145 Å². The van der Waals surface area contributed by atoms with Crippen molar-refractivity contribution in [3.05, 3.63) is 101 Å². The minimum Gasteiger partial charge on any atom is -0.377 e. The lowest BCUT2D eigenvalue weighted by molar-refractivity contribution is -0.141. The average Bonchev–Trinajstić information content (AvgIpc) is 3.13. The van der Waals surface area contributed by atoms with E-state index in [-0.39, 0.29) is 64.7 Å². The first kappa shape index (κ1) is 39.0. The van der Waals surface area contributed by atoms with Gasteiger partial charge in [0.15, 0.2) is 0 Å². The number of aromatic nitrogens is 1. The number of ether oxygens (including phenoxy) is 8. The Kier molecular flexibility index (Phi) is 19.0. The highest BCUT2D eigenvalue weighted by molar-refractivity contribution is 5.77. The van der Waals surface area contributed by atoms with Gasteiger partial charge in [0.2, 0.25) is 11.8 Å². The number of carbonyl (C=O) groups excluding carboxylic acids is 2. The van der Waals surface area contributed by atoms with Gasteiger partial charge >= 0.3 is 0 Å². The fourth-order valence-corrected chi connectivity index (χ4v) is 4.79. The van der Waals surface area contributed by atoms with Crippen molar-refractivity contribution in [1.82, 2.24) is 15.6 Å². The minimum atomic E-state index is -0.466. The van der Waals surface area contributed by atoms with Crippen molar-refractivity contribution >= 4 is 11.8 Å². The number of benzene rings is 2. The van der Waals surface area contributed by atoms with E-state index in [1.807, 2.05) is 66.7 Å². The molecule has 2 aromatic carbocycles. The van der Waals surface area contributed by atoms with Gasteiger partial charge in [-0.25, -0.2) is 0 Å². The molecule has 0 spiro atoms. The molecule has 1 aliphatic rings. The van der Waals surface area contributed by atoms with Crippen LogP contribution in [0.15, 0.2) is 78.9 Å². The van der Waals surface area contributed by atoms with Gasteiger partial charge in [0.1, 0.15) is 25.4 Å². The van der Waals surface area contributed by atoms with E-state index in [9.17, 15) is 9.59 Å². The van der Waals surface area contributed by atoms with Gasteiger partial charge in [-0.05, 0) is 23.3 Å². The summed E-state index contributed by atoms with van der Waals surface area (Å²) >= 11 is 0. The molecule has 272 valence electrons. The summed E-state index contributed by atoms with van der Waals surface area (Å²) in [6, 6.07) is 25.2. The summed E-state index contributed by atoms with van der Waals surface area (Å²) in [6.45, 7) is 3.88. The highest BCUT2D eigenvalue weighted by Crippen LogP contribution is 2.11. The highest BCUT2D eigenvalue weighted by Gasteiger charge is 2.24. The van der Waals surface area contributed by atoms with Crippen molar-refractivity contribution < 1.29 is 47.5 Å². The van der Waals surface area contributed by atoms with Gasteiger partial charge in [0, 0.05) is 13.1 Å². The van der Waals surface area contributed by atoms with Crippen LogP contribution in [0.25, 0.3) is 0 Å². The molecule has 0 unspecified atom stereocenters. The molecule has 1 aromatic heterocycles. The van der Waals surface area contributed by atoms with E-state index >= 15 is 0 Å². The molecule has 4 rings (SSSR count). The molecule has 2 heterocycles. The molecule has 0 saturated carbocycles.